The van der Waals surface area contributed by atoms with Crippen LogP contribution in [0.15, 0.2) is 35.7 Å². The number of ether oxygens (including phenoxy) is 1. The van der Waals surface area contributed by atoms with Crippen LogP contribution >= 0.6 is 23.1 Å². The van der Waals surface area contributed by atoms with Gasteiger partial charge in [0, 0.05) is 19.0 Å². The van der Waals surface area contributed by atoms with Crippen LogP contribution in [0.2, 0.25) is 0 Å². The first-order chi connectivity index (χ1) is 24.4. The lowest BCUT2D eigenvalue weighted by molar-refractivity contribution is -0.138. The van der Waals surface area contributed by atoms with Gasteiger partial charge < -0.3 is 36.2 Å². The molecule has 6 amide bonds. The van der Waals surface area contributed by atoms with Crippen LogP contribution in [0.25, 0.3) is 0 Å². The maximum atomic E-state index is 13.9. The molecule has 51 heavy (non-hydrogen) atoms. The van der Waals surface area contributed by atoms with Gasteiger partial charge in [0.2, 0.25) is 29.5 Å². The Morgan fingerprint density at radius 3 is 2.33 bits per heavy atom. The molecular weight excluding hydrogens is 695 g/mol. The SMILES string of the molecule is CC[C@@H]1NC(=O)[C@@H](C)NC(=O)c2csc(n2)[C@H](C(C)C)NC(=O)CN(C(=O)CCOC)C[C@H](Cc2ccccc2)NC(=O)[C@H](CCSC)NC1=O. The van der Waals surface area contributed by atoms with Gasteiger partial charge in [-0.3, -0.25) is 28.8 Å². The highest BCUT2D eigenvalue weighted by Gasteiger charge is 2.31. The molecule has 0 saturated heterocycles. The number of thiazole rings is 1. The largest absolute Gasteiger partial charge is 0.384 e. The predicted octanol–water partition coefficient (Wildman–Crippen LogP) is 1.81. The number of thioether (sulfide) groups is 1. The number of benzene rings is 1. The van der Waals surface area contributed by atoms with E-state index in [0.29, 0.717) is 23.6 Å². The highest BCUT2D eigenvalue weighted by atomic mass is 32.2. The molecule has 5 N–H and O–H groups in total. The average molecular weight is 746 g/mol. The van der Waals surface area contributed by atoms with E-state index in [-0.39, 0.29) is 50.1 Å². The molecule has 1 aromatic carbocycles. The molecule has 0 saturated carbocycles. The fourth-order valence-electron chi connectivity index (χ4n) is 5.43. The van der Waals surface area contributed by atoms with Gasteiger partial charge in [-0.1, -0.05) is 51.1 Å². The third kappa shape index (κ3) is 12.9. The molecule has 1 aliphatic heterocycles. The fraction of sp³-hybridized carbons (Fsp3) is 0.571. The summed E-state index contributed by atoms with van der Waals surface area (Å²) >= 11 is 2.70. The smallest absolute Gasteiger partial charge is 0.271 e. The molecular formula is C35H51N7O7S2. The first-order valence-corrected chi connectivity index (χ1v) is 19.4. The van der Waals surface area contributed by atoms with Crippen molar-refractivity contribution >= 4 is 58.5 Å². The van der Waals surface area contributed by atoms with Gasteiger partial charge in [-0.15, -0.1) is 11.3 Å². The van der Waals surface area contributed by atoms with Crippen LogP contribution < -0.4 is 26.6 Å². The lowest BCUT2D eigenvalue weighted by atomic mass is 10.0. The molecule has 14 nitrogen and oxygen atoms in total. The van der Waals surface area contributed by atoms with Crippen molar-refractivity contribution in [3.8, 4) is 0 Å². The predicted molar refractivity (Wildman–Crippen MR) is 197 cm³/mol. The molecule has 3 rings (SSSR count). The van der Waals surface area contributed by atoms with Crippen LogP contribution in [-0.2, 0) is 35.1 Å². The number of aromatic nitrogens is 1. The number of methoxy groups -OCH3 is 1. The third-order valence-electron chi connectivity index (χ3n) is 8.35. The van der Waals surface area contributed by atoms with E-state index in [1.54, 1.807) is 12.3 Å². The van der Waals surface area contributed by atoms with Gasteiger partial charge in [0.15, 0.2) is 0 Å². The van der Waals surface area contributed by atoms with Crippen molar-refractivity contribution < 1.29 is 33.5 Å². The monoisotopic (exact) mass is 745 g/mol. The van der Waals surface area contributed by atoms with Crippen LogP contribution in [0.1, 0.15) is 74.1 Å². The number of nitrogens with one attached hydrogen (secondary N) is 5. The lowest BCUT2D eigenvalue weighted by Crippen LogP contribution is -2.58. The molecule has 0 fully saturated rings. The summed E-state index contributed by atoms with van der Waals surface area (Å²) in [6.45, 7) is 6.87. The van der Waals surface area contributed by atoms with Gasteiger partial charge in [-0.05, 0) is 49.7 Å². The van der Waals surface area contributed by atoms with Crippen LogP contribution in [-0.4, -0.2) is 108 Å². The summed E-state index contributed by atoms with van der Waals surface area (Å²) in [5, 5.41) is 16.2. The summed E-state index contributed by atoms with van der Waals surface area (Å²) in [5.74, 6) is -2.53. The summed E-state index contributed by atoms with van der Waals surface area (Å²) in [7, 11) is 1.48. The quantitative estimate of drug-likeness (QED) is 0.242. The summed E-state index contributed by atoms with van der Waals surface area (Å²) < 4.78 is 5.15. The molecule has 0 unspecified atom stereocenters. The van der Waals surface area contributed by atoms with E-state index in [4.69, 9.17) is 4.74 Å². The summed E-state index contributed by atoms with van der Waals surface area (Å²) in [5.41, 5.74) is 0.976. The third-order valence-corrected chi connectivity index (χ3v) is 9.92. The number of carbonyl (C=O) groups excluding carboxylic acids is 6. The van der Waals surface area contributed by atoms with Crippen LogP contribution in [0.3, 0.4) is 0 Å². The number of fused-ring (bicyclic) bond motifs is 2. The lowest BCUT2D eigenvalue weighted by Gasteiger charge is -2.30. The van der Waals surface area contributed by atoms with Crippen molar-refractivity contribution in [2.24, 2.45) is 5.92 Å². The Balaban J connectivity index is 2.05. The topological polar surface area (TPSA) is 188 Å². The normalized spacial score (nSPS) is 23.0. The average Bonchev–Trinajstić information content (AvgIpc) is 3.59. The summed E-state index contributed by atoms with van der Waals surface area (Å²) in [6, 6.07) is 5.31. The van der Waals surface area contributed by atoms with Gasteiger partial charge in [0.05, 0.1) is 31.7 Å². The number of nitrogens with zero attached hydrogens (tertiary/aromatic N) is 2. The van der Waals surface area contributed by atoms with Crippen molar-refractivity contribution in [3.63, 3.8) is 0 Å². The zero-order valence-corrected chi connectivity index (χ0v) is 31.8. The minimum atomic E-state index is -1.00. The molecule has 5 atom stereocenters. The Morgan fingerprint density at radius 1 is 1.00 bits per heavy atom. The van der Waals surface area contributed by atoms with Gasteiger partial charge in [-0.25, -0.2) is 4.98 Å². The van der Waals surface area contributed by atoms with Crippen molar-refractivity contribution in [2.45, 2.75) is 83.6 Å². The van der Waals surface area contributed by atoms with E-state index in [1.807, 2.05) is 50.4 Å². The Hall–Kier alpha value is -4.02. The Bertz CT molecular complexity index is 1490. The van der Waals surface area contributed by atoms with Gasteiger partial charge in [0.1, 0.15) is 28.8 Å². The molecule has 1 aliphatic rings. The first kappa shape index (κ1) is 41.4. The molecule has 0 spiro atoms. The van der Waals surface area contributed by atoms with E-state index >= 15 is 0 Å². The standard InChI is InChI=1S/C35H51N7O7S2/c1-7-25-32(46)39-26(14-16-50-6)33(47)37-24(17-23-11-9-8-10-12-23)18-42(29(44)13-15-49-5)19-28(43)41-30(21(2)3)35-40-27(20-51-35)34(48)36-22(4)31(45)38-25/h8-12,20-22,24-26,30H,7,13-19H2,1-6H3,(H,36,48)(H,37,47)(H,38,45)(H,39,46)(H,41,43)/t22-,24+,25+,26+,30+/m1/s1. The van der Waals surface area contributed by atoms with Crippen LogP contribution in [0, 0.1) is 5.92 Å². The number of hydrogen-bond donors (Lipinski definition) is 5. The van der Waals surface area contributed by atoms with Crippen molar-refractivity contribution in [1.29, 1.82) is 0 Å². The number of rotatable bonds is 10. The molecule has 2 aromatic rings. The van der Waals surface area contributed by atoms with Crippen molar-refractivity contribution in [2.75, 3.05) is 38.8 Å². The Labute approximate surface area is 308 Å². The zero-order valence-electron chi connectivity index (χ0n) is 30.2. The highest BCUT2D eigenvalue weighted by molar-refractivity contribution is 7.98. The summed E-state index contributed by atoms with van der Waals surface area (Å²) in [6.07, 6.45) is 2.79. The van der Waals surface area contributed by atoms with E-state index in [1.165, 1.54) is 42.0 Å². The molecule has 2 heterocycles. The maximum absolute atomic E-state index is 13.9. The Morgan fingerprint density at radius 2 is 1.69 bits per heavy atom. The van der Waals surface area contributed by atoms with Crippen molar-refractivity contribution in [3.05, 3.63) is 52.0 Å². The fourth-order valence-corrected chi connectivity index (χ4v) is 6.93. The number of carbonyl (C=O) groups is 6. The van der Waals surface area contributed by atoms with Gasteiger partial charge in [0.25, 0.3) is 5.91 Å². The van der Waals surface area contributed by atoms with E-state index < -0.39 is 59.7 Å². The molecule has 280 valence electrons. The first-order valence-electron chi connectivity index (χ1n) is 17.1. The molecule has 16 heteroatoms. The second-order valence-electron chi connectivity index (χ2n) is 12.8. The summed E-state index contributed by atoms with van der Waals surface area (Å²) in [4.78, 5) is 86.7. The van der Waals surface area contributed by atoms with Gasteiger partial charge >= 0.3 is 0 Å². The maximum Gasteiger partial charge on any atom is 0.271 e. The Kier molecular flexibility index (Phi) is 16.8. The van der Waals surface area contributed by atoms with Crippen LogP contribution in [0.5, 0.6) is 0 Å². The second-order valence-corrected chi connectivity index (χ2v) is 14.7. The van der Waals surface area contributed by atoms with E-state index in [9.17, 15) is 28.8 Å². The minimum absolute atomic E-state index is 0.000750. The van der Waals surface area contributed by atoms with Crippen LogP contribution in [0.4, 0.5) is 0 Å². The molecule has 2 bridgehead atoms. The number of hydrogen-bond acceptors (Lipinski definition) is 10. The second kappa shape index (κ2) is 20.7. The zero-order chi connectivity index (χ0) is 37.5. The van der Waals surface area contributed by atoms with E-state index in [0.717, 1.165) is 5.56 Å². The molecule has 1 aromatic heterocycles. The van der Waals surface area contributed by atoms with E-state index in [2.05, 4.69) is 31.6 Å². The number of amides is 6. The van der Waals surface area contributed by atoms with Gasteiger partial charge in [-0.2, -0.15) is 11.8 Å². The molecule has 0 aliphatic carbocycles. The minimum Gasteiger partial charge on any atom is -0.384 e. The molecule has 0 radical (unpaired) electrons. The highest BCUT2D eigenvalue weighted by Crippen LogP contribution is 2.25. The van der Waals surface area contributed by atoms with Crippen molar-refractivity contribution in [1.82, 2.24) is 36.5 Å².